The molecule has 3 aromatic rings. The van der Waals surface area contributed by atoms with Crippen LogP contribution in [-0.2, 0) is 0 Å². The SMILES string of the molecule is Clc1nc2c(cc1Br)oc1ccccc12. The average molecular weight is 283 g/mol. The molecule has 0 fully saturated rings. The van der Waals surface area contributed by atoms with Gasteiger partial charge >= 0.3 is 0 Å². The molecule has 0 aliphatic rings. The minimum atomic E-state index is 0.453. The molecule has 0 spiro atoms. The lowest BCUT2D eigenvalue weighted by Crippen LogP contribution is -1.77. The van der Waals surface area contributed by atoms with Gasteiger partial charge < -0.3 is 4.42 Å². The van der Waals surface area contributed by atoms with E-state index < -0.39 is 0 Å². The van der Waals surface area contributed by atoms with Crippen LogP contribution in [0, 0.1) is 0 Å². The zero-order valence-corrected chi connectivity index (χ0v) is 9.84. The van der Waals surface area contributed by atoms with Crippen LogP contribution in [0.15, 0.2) is 39.2 Å². The van der Waals surface area contributed by atoms with Crippen LogP contribution in [0.1, 0.15) is 0 Å². The molecule has 15 heavy (non-hydrogen) atoms. The predicted molar refractivity (Wildman–Crippen MR) is 64.2 cm³/mol. The van der Waals surface area contributed by atoms with E-state index in [1.54, 1.807) is 0 Å². The first kappa shape index (κ1) is 9.19. The molecule has 0 unspecified atom stereocenters. The van der Waals surface area contributed by atoms with Crippen molar-refractivity contribution in [1.29, 1.82) is 0 Å². The fraction of sp³-hybridized carbons (Fsp3) is 0. The number of fused-ring (bicyclic) bond motifs is 3. The van der Waals surface area contributed by atoms with Crippen LogP contribution in [0.3, 0.4) is 0 Å². The van der Waals surface area contributed by atoms with E-state index in [4.69, 9.17) is 16.0 Å². The third kappa shape index (κ3) is 1.34. The molecule has 1 aromatic carbocycles. The second kappa shape index (κ2) is 3.22. The Balaban J connectivity index is 2.56. The molecule has 3 rings (SSSR count). The molecule has 2 heterocycles. The third-order valence-corrected chi connectivity index (χ3v) is 3.38. The van der Waals surface area contributed by atoms with Crippen LogP contribution < -0.4 is 0 Å². The van der Waals surface area contributed by atoms with E-state index in [9.17, 15) is 0 Å². The molecule has 0 atom stereocenters. The predicted octanol–water partition coefficient (Wildman–Crippen LogP) is 4.40. The monoisotopic (exact) mass is 281 g/mol. The largest absolute Gasteiger partial charge is 0.454 e. The Morgan fingerprint density at radius 1 is 1.20 bits per heavy atom. The van der Waals surface area contributed by atoms with Gasteiger partial charge in [-0.2, -0.15) is 0 Å². The van der Waals surface area contributed by atoms with Crippen LogP contribution in [0.5, 0.6) is 0 Å². The summed E-state index contributed by atoms with van der Waals surface area (Å²) in [6.45, 7) is 0. The second-order valence-corrected chi connectivity index (χ2v) is 4.42. The van der Waals surface area contributed by atoms with Gasteiger partial charge in [0, 0.05) is 11.5 Å². The second-order valence-electron chi connectivity index (χ2n) is 3.21. The molecule has 4 heteroatoms. The summed E-state index contributed by atoms with van der Waals surface area (Å²) < 4.78 is 6.38. The van der Waals surface area contributed by atoms with E-state index in [-0.39, 0.29) is 0 Å². The van der Waals surface area contributed by atoms with Crippen LogP contribution in [-0.4, -0.2) is 4.98 Å². The molecule has 0 aliphatic carbocycles. The standard InChI is InChI=1S/C11H5BrClNO/c12-7-5-9-10(14-11(7)13)6-3-1-2-4-8(6)15-9/h1-5H. The Labute approximate surface area is 99.0 Å². The highest BCUT2D eigenvalue weighted by Crippen LogP contribution is 2.31. The van der Waals surface area contributed by atoms with Crippen molar-refractivity contribution in [3.63, 3.8) is 0 Å². The van der Waals surface area contributed by atoms with Gasteiger partial charge in [-0.1, -0.05) is 23.7 Å². The lowest BCUT2D eigenvalue weighted by atomic mass is 10.2. The van der Waals surface area contributed by atoms with Crippen molar-refractivity contribution >= 4 is 49.6 Å². The van der Waals surface area contributed by atoms with Crippen molar-refractivity contribution in [2.24, 2.45) is 0 Å². The summed E-state index contributed by atoms with van der Waals surface area (Å²) >= 11 is 9.26. The summed E-state index contributed by atoms with van der Waals surface area (Å²) in [7, 11) is 0. The summed E-state index contributed by atoms with van der Waals surface area (Å²) in [6.07, 6.45) is 0. The van der Waals surface area contributed by atoms with E-state index in [0.29, 0.717) is 5.15 Å². The Bertz CT molecular complexity index is 662. The van der Waals surface area contributed by atoms with Crippen LogP contribution in [0.25, 0.3) is 22.1 Å². The van der Waals surface area contributed by atoms with Crippen molar-refractivity contribution in [3.05, 3.63) is 40.0 Å². The van der Waals surface area contributed by atoms with Gasteiger partial charge in [0.15, 0.2) is 5.58 Å². The zero-order chi connectivity index (χ0) is 10.4. The summed E-state index contributed by atoms with van der Waals surface area (Å²) in [5, 5.41) is 1.44. The van der Waals surface area contributed by atoms with E-state index in [1.165, 1.54) is 0 Å². The number of furan rings is 1. The number of nitrogens with zero attached hydrogens (tertiary/aromatic N) is 1. The van der Waals surface area contributed by atoms with Gasteiger partial charge in [-0.25, -0.2) is 4.98 Å². The van der Waals surface area contributed by atoms with Gasteiger partial charge in [-0.05, 0) is 28.1 Å². The molecule has 0 aliphatic heterocycles. The highest BCUT2D eigenvalue weighted by atomic mass is 79.9. The molecular weight excluding hydrogens is 277 g/mol. The van der Waals surface area contributed by atoms with E-state index >= 15 is 0 Å². The average Bonchev–Trinajstić information content (AvgIpc) is 2.57. The molecule has 0 bridgehead atoms. The van der Waals surface area contributed by atoms with Gasteiger partial charge in [-0.15, -0.1) is 0 Å². The number of para-hydroxylation sites is 1. The molecule has 2 nitrogen and oxygen atoms in total. The third-order valence-electron chi connectivity index (χ3n) is 2.26. The number of hydrogen-bond acceptors (Lipinski definition) is 2. The molecule has 74 valence electrons. The Kier molecular flexibility index (Phi) is 1.97. The summed E-state index contributed by atoms with van der Waals surface area (Å²) in [5.74, 6) is 0. The van der Waals surface area contributed by atoms with Crippen LogP contribution in [0.2, 0.25) is 5.15 Å². The molecule has 0 amide bonds. The number of aromatic nitrogens is 1. The summed E-state index contributed by atoms with van der Waals surface area (Å²) in [6, 6.07) is 9.61. The molecule has 2 aromatic heterocycles. The van der Waals surface area contributed by atoms with Crippen molar-refractivity contribution in [2.45, 2.75) is 0 Å². The number of hydrogen-bond donors (Lipinski definition) is 0. The summed E-state index contributed by atoms with van der Waals surface area (Å²) in [5.41, 5.74) is 2.38. The van der Waals surface area contributed by atoms with E-state index in [0.717, 1.165) is 26.5 Å². The topological polar surface area (TPSA) is 26.0 Å². The molecule has 0 radical (unpaired) electrons. The van der Waals surface area contributed by atoms with Gasteiger partial charge in [0.25, 0.3) is 0 Å². The van der Waals surface area contributed by atoms with Crippen LogP contribution >= 0.6 is 27.5 Å². The maximum Gasteiger partial charge on any atom is 0.155 e. The van der Waals surface area contributed by atoms with Gasteiger partial charge in [0.1, 0.15) is 16.3 Å². The Morgan fingerprint density at radius 2 is 2.00 bits per heavy atom. The fourth-order valence-electron chi connectivity index (χ4n) is 1.59. The zero-order valence-electron chi connectivity index (χ0n) is 7.50. The first-order valence-electron chi connectivity index (χ1n) is 4.39. The molecule has 0 N–H and O–H groups in total. The van der Waals surface area contributed by atoms with Crippen LogP contribution in [0.4, 0.5) is 0 Å². The minimum absolute atomic E-state index is 0.453. The Morgan fingerprint density at radius 3 is 2.87 bits per heavy atom. The lowest BCUT2D eigenvalue weighted by molar-refractivity contribution is 0.668. The lowest BCUT2D eigenvalue weighted by Gasteiger charge is -1.93. The van der Waals surface area contributed by atoms with Gasteiger partial charge in [-0.3, -0.25) is 0 Å². The maximum atomic E-state index is 5.95. The molecule has 0 saturated heterocycles. The smallest absolute Gasteiger partial charge is 0.155 e. The minimum Gasteiger partial charge on any atom is -0.454 e. The normalized spacial score (nSPS) is 11.3. The van der Waals surface area contributed by atoms with Gasteiger partial charge in [0.2, 0.25) is 0 Å². The van der Waals surface area contributed by atoms with Crippen molar-refractivity contribution in [1.82, 2.24) is 4.98 Å². The number of pyridine rings is 1. The Hall–Kier alpha value is -1.06. The number of halogens is 2. The highest BCUT2D eigenvalue weighted by molar-refractivity contribution is 9.10. The number of benzene rings is 1. The quantitative estimate of drug-likeness (QED) is 0.571. The summed E-state index contributed by atoms with van der Waals surface area (Å²) in [4.78, 5) is 4.29. The fourth-order valence-corrected chi connectivity index (χ4v) is 2.03. The number of rotatable bonds is 0. The first-order chi connectivity index (χ1) is 7.25. The first-order valence-corrected chi connectivity index (χ1v) is 5.56. The molecule has 0 saturated carbocycles. The van der Waals surface area contributed by atoms with Gasteiger partial charge in [0.05, 0.1) is 4.47 Å². The van der Waals surface area contributed by atoms with Crippen molar-refractivity contribution < 1.29 is 4.42 Å². The molecular formula is C11H5BrClNO. The van der Waals surface area contributed by atoms with E-state index in [1.807, 2.05) is 30.3 Å². The van der Waals surface area contributed by atoms with Crippen molar-refractivity contribution in [3.8, 4) is 0 Å². The van der Waals surface area contributed by atoms with E-state index in [2.05, 4.69) is 20.9 Å². The highest BCUT2D eigenvalue weighted by Gasteiger charge is 2.10. The van der Waals surface area contributed by atoms with Crippen molar-refractivity contribution in [2.75, 3.05) is 0 Å². The maximum absolute atomic E-state index is 5.95.